The zero-order chi connectivity index (χ0) is 35.1. The minimum Gasteiger partial charge on any atom is -0.508 e. The third kappa shape index (κ3) is 9.12. The maximum atomic E-state index is 15.2. The number of anilines is 2. The summed E-state index contributed by atoms with van der Waals surface area (Å²) >= 11 is 7.03. The van der Waals surface area contributed by atoms with Crippen LogP contribution in [0.2, 0.25) is 4.34 Å². The van der Waals surface area contributed by atoms with Gasteiger partial charge in [-0.3, -0.25) is 29.0 Å². The Balaban J connectivity index is 1.16. The average Bonchev–Trinajstić information content (AvgIpc) is 3.68. The Morgan fingerprint density at radius 2 is 1.88 bits per heavy atom. The molecule has 2 fully saturated rings. The van der Waals surface area contributed by atoms with Crippen molar-refractivity contribution in [3.05, 3.63) is 75.2 Å². The molecule has 5 rings (SSSR count). The molecule has 0 saturated carbocycles. The van der Waals surface area contributed by atoms with Crippen LogP contribution in [0.4, 0.5) is 20.6 Å². The number of nitrogens with one attached hydrogen (secondary N) is 1. The second kappa shape index (κ2) is 16.2. The Kier molecular flexibility index (Phi) is 11.8. The number of amides is 5. The minimum absolute atomic E-state index is 0.0407. The fourth-order valence-corrected chi connectivity index (χ4v) is 6.40. The lowest BCUT2D eigenvalue weighted by atomic mass is 10.1. The number of hydrogen-bond acceptors (Lipinski definition) is 10. The summed E-state index contributed by atoms with van der Waals surface area (Å²) in [7, 11) is 0. The molecule has 0 radical (unpaired) electrons. The summed E-state index contributed by atoms with van der Waals surface area (Å²) in [5.41, 5.74) is 7.05. The molecule has 16 heteroatoms. The van der Waals surface area contributed by atoms with E-state index >= 15 is 4.39 Å². The van der Waals surface area contributed by atoms with Gasteiger partial charge in [0, 0.05) is 25.2 Å². The maximum absolute atomic E-state index is 15.2. The van der Waals surface area contributed by atoms with Crippen LogP contribution in [0.25, 0.3) is 0 Å². The number of ether oxygens (including phenoxy) is 2. The molecule has 3 heterocycles. The van der Waals surface area contributed by atoms with Crippen molar-refractivity contribution < 1.29 is 42.9 Å². The molecule has 2 saturated heterocycles. The number of cyclic esters (lactones) is 1. The summed E-state index contributed by atoms with van der Waals surface area (Å²) in [5, 5.41) is 12.2. The second-order valence-electron chi connectivity index (χ2n) is 11.5. The van der Waals surface area contributed by atoms with Crippen molar-refractivity contribution in [1.82, 2.24) is 10.2 Å². The fraction of sp³-hybridized carbons (Fsp3) is 0.364. The molecular weight excluding hydrogens is 681 g/mol. The molecule has 1 aromatic heterocycles. The molecular formula is C33H35ClFN5O8S. The van der Waals surface area contributed by atoms with Crippen molar-refractivity contribution in [3.8, 4) is 5.75 Å². The molecule has 0 aliphatic carbocycles. The Labute approximate surface area is 290 Å². The van der Waals surface area contributed by atoms with Crippen LogP contribution in [-0.2, 0) is 30.3 Å². The van der Waals surface area contributed by atoms with E-state index in [0.29, 0.717) is 29.5 Å². The lowest BCUT2D eigenvalue weighted by molar-refractivity contribution is -0.129. The van der Waals surface area contributed by atoms with Crippen LogP contribution >= 0.6 is 22.9 Å². The van der Waals surface area contributed by atoms with E-state index in [-0.39, 0.29) is 73.8 Å². The van der Waals surface area contributed by atoms with Crippen LogP contribution in [-0.4, -0.2) is 91.3 Å². The fourth-order valence-electron chi connectivity index (χ4n) is 5.41. The minimum atomic E-state index is -0.954. The zero-order valence-corrected chi connectivity index (χ0v) is 27.9. The van der Waals surface area contributed by atoms with Crippen LogP contribution in [0.5, 0.6) is 5.75 Å². The Morgan fingerprint density at radius 1 is 1.10 bits per heavy atom. The second-order valence-corrected chi connectivity index (χ2v) is 13.2. The number of unbranched alkanes of at least 4 members (excludes halogenated alkanes) is 1. The summed E-state index contributed by atoms with van der Waals surface area (Å²) < 4.78 is 26.2. The van der Waals surface area contributed by atoms with E-state index in [2.05, 4.69) is 5.32 Å². The van der Waals surface area contributed by atoms with E-state index in [4.69, 9.17) is 26.8 Å². The molecule has 5 amide bonds. The van der Waals surface area contributed by atoms with Gasteiger partial charge in [-0.25, -0.2) is 9.18 Å². The first-order chi connectivity index (χ1) is 23.5. The van der Waals surface area contributed by atoms with Crippen molar-refractivity contribution in [1.29, 1.82) is 0 Å². The van der Waals surface area contributed by atoms with Crippen LogP contribution in [0.1, 0.15) is 34.5 Å². The number of nitrogens with zero attached hydrogens (tertiary/aromatic N) is 3. The number of nitrogens with two attached hydrogens (primary N) is 1. The van der Waals surface area contributed by atoms with Crippen LogP contribution in [0.15, 0.2) is 54.6 Å². The lowest BCUT2D eigenvalue weighted by Gasteiger charge is -2.27. The molecule has 0 bridgehead atoms. The number of aromatic hydroxyl groups is 1. The summed E-state index contributed by atoms with van der Waals surface area (Å²) in [4.78, 5) is 67.9. The van der Waals surface area contributed by atoms with Gasteiger partial charge in [0.15, 0.2) is 0 Å². The molecule has 49 heavy (non-hydrogen) atoms. The van der Waals surface area contributed by atoms with E-state index in [0.717, 1.165) is 32.8 Å². The number of morpholine rings is 1. The molecule has 2 aliphatic heterocycles. The van der Waals surface area contributed by atoms with E-state index in [1.807, 2.05) is 0 Å². The lowest BCUT2D eigenvalue weighted by Crippen LogP contribution is -2.43. The first kappa shape index (κ1) is 35.7. The van der Waals surface area contributed by atoms with Crippen LogP contribution in [0.3, 0.4) is 0 Å². The van der Waals surface area contributed by atoms with E-state index < -0.39 is 35.9 Å². The van der Waals surface area contributed by atoms with Crippen LogP contribution < -0.4 is 20.9 Å². The van der Waals surface area contributed by atoms with Gasteiger partial charge < -0.3 is 30.5 Å². The predicted molar refractivity (Wildman–Crippen MR) is 179 cm³/mol. The number of rotatable bonds is 13. The van der Waals surface area contributed by atoms with Crippen molar-refractivity contribution in [2.24, 2.45) is 5.73 Å². The average molecular weight is 716 g/mol. The molecule has 2 aromatic carbocycles. The summed E-state index contributed by atoms with van der Waals surface area (Å²) in [6.45, 7) is 0.315. The number of phenols is 1. The van der Waals surface area contributed by atoms with Gasteiger partial charge in [0.25, 0.3) is 11.8 Å². The summed E-state index contributed by atoms with van der Waals surface area (Å²) in [6.07, 6.45) is -0.802. The number of phenolic OH excluding ortho intramolecular Hbond substituents is 1. The highest BCUT2D eigenvalue weighted by Crippen LogP contribution is 2.30. The largest absolute Gasteiger partial charge is 0.508 e. The van der Waals surface area contributed by atoms with Crippen molar-refractivity contribution in [2.45, 2.75) is 37.8 Å². The quantitative estimate of drug-likeness (QED) is 0.224. The first-order valence-corrected chi connectivity index (χ1v) is 16.8. The zero-order valence-electron chi connectivity index (χ0n) is 26.3. The SMILES string of the molecule is N[C@@H](Cc1ccc(O)cc1)C(=O)NCCCCC(=O)N(C[C@H]1CN(c2ccc(N3CCOCC3=O)cc2F)C(=O)O1)C(=O)c1ccc(Cl)s1. The molecule has 4 N–H and O–H groups in total. The van der Waals surface area contributed by atoms with Crippen molar-refractivity contribution in [2.75, 3.05) is 49.2 Å². The molecule has 3 aromatic rings. The van der Waals surface area contributed by atoms with Crippen LogP contribution in [0, 0.1) is 5.82 Å². The monoisotopic (exact) mass is 715 g/mol. The number of hydrogen-bond donors (Lipinski definition) is 3. The highest BCUT2D eigenvalue weighted by molar-refractivity contribution is 7.18. The van der Waals surface area contributed by atoms with Gasteiger partial charge in [0.05, 0.1) is 40.6 Å². The third-order valence-corrected chi connectivity index (χ3v) is 9.17. The molecule has 0 spiro atoms. The van der Waals surface area contributed by atoms with Gasteiger partial charge in [-0.05, 0) is 67.3 Å². The molecule has 2 aliphatic rings. The third-order valence-electron chi connectivity index (χ3n) is 7.96. The molecule has 2 atom stereocenters. The van der Waals surface area contributed by atoms with Gasteiger partial charge in [0.1, 0.15) is 24.3 Å². The van der Waals surface area contributed by atoms with E-state index in [1.165, 1.54) is 41.3 Å². The number of benzene rings is 2. The number of halogens is 2. The van der Waals surface area contributed by atoms with Gasteiger partial charge in [0.2, 0.25) is 11.8 Å². The predicted octanol–water partition coefficient (Wildman–Crippen LogP) is 3.46. The standard InChI is InChI=1S/C33H35ClFN5O8S/c34-28-11-10-27(49-28)32(45)40(29(42)3-1-2-12-37-31(44)25(36)15-20-4-7-22(41)8-5-20)18-23-17-39(33(46)48-23)26-9-6-21(16-24(26)35)38-13-14-47-19-30(38)43/h4-11,16,23,25,41H,1-3,12-15,17-19,36H2,(H,37,44)/t23-,25+/m1/s1. The molecule has 260 valence electrons. The van der Waals surface area contributed by atoms with Gasteiger partial charge >= 0.3 is 6.09 Å². The number of imide groups is 1. The highest BCUT2D eigenvalue weighted by atomic mass is 35.5. The summed E-state index contributed by atoms with van der Waals surface area (Å²) in [6, 6.07) is 12.7. The first-order valence-electron chi connectivity index (χ1n) is 15.6. The van der Waals surface area contributed by atoms with Crippen molar-refractivity contribution >= 4 is 64.0 Å². The van der Waals surface area contributed by atoms with Gasteiger partial charge in [-0.1, -0.05) is 23.7 Å². The van der Waals surface area contributed by atoms with E-state index in [1.54, 1.807) is 12.1 Å². The van der Waals surface area contributed by atoms with Gasteiger partial charge in [-0.15, -0.1) is 11.3 Å². The maximum Gasteiger partial charge on any atom is 0.414 e. The number of carbonyl (C=O) groups is 5. The summed E-state index contributed by atoms with van der Waals surface area (Å²) in [5.74, 6) is -2.44. The topological polar surface area (TPSA) is 172 Å². The normalized spacial score (nSPS) is 16.8. The molecule has 0 unspecified atom stereocenters. The highest BCUT2D eigenvalue weighted by Gasteiger charge is 2.38. The number of thiophene rings is 1. The van der Waals surface area contributed by atoms with Crippen molar-refractivity contribution in [3.63, 3.8) is 0 Å². The Bertz CT molecular complexity index is 1710. The smallest absolute Gasteiger partial charge is 0.414 e. The molecule has 13 nitrogen and oxygen atoms in total. The number of carbonyl (C=O) groups excluding carboxylic acids is 5. The van der Waals surface area contributed by atoms with Gasteiger partial charge in [-0.2, -0.15) is 0 Å². The van der Waals surface area contributed by atoms with E-state index in [9.17, 15) is 29.1 Å². The Hall–Kier alpha value is -4.57. The Morgan fingerprint density at radius 3 is 2.57 bits per heavy atom.